The number of amides is 1. The fourth-order valence-electron chi connectivity index (χ4n) is 1.39. The summed E-state index contributed by atoms with van der Waals surface area (Å²) in [5.74, 6) is -0.883. The summed E-state index contributed by atoms with van der Waals surface area (Å²) in [5, 5.41) is 2.64. The Bertz CT molecular complexity index is 389. The van der Waals surface area contributed by atoms with Crippen LogP contribution in [-0.4, -0.2) is 12.2 Å². The Labute approximate surface area is 83.3 Å². The fraction of sp³-hybridized carbons (Fsp3) is 0.111. The van der Waals surface area contributed by atoms with Crippen molar-refractivity contribution in [1.82, 2.24) is 0 Å². The molecule has 0 saturated heterocycles. The predicted molar refractivity (Wildman–Crippen MR) is 51.6 cm³/mol. The number of aldehydes is 1. The molecule has 1 N–H and O–H groups in total. The number of nitrogens with one attached hydrogen (secondary N) is 1. The van der Waals surface area contributed by atoms with Crippen LogP contribution in [-0.2, 0) is 9.59 Å². The Morgan fingerprint density at radius 2 is 2.23 bits per heavy atom. The Kier molecular flexibility index (Phi) is 1.92. The maximum Gasteiger partial charge on any atom is 0.239 e. The Morgan fingerprint density at radius 1 is 1.46 bits per heavy atom. The minimum Gasteiger partial charge on any atom is -0.325 e. The molecule has 1 aromatic carbocycles. The van der Waals surface area contributed by atoms with E-state index in [2.05, 4.69) is 21.2 Å². The van der Waals surface area contributed by atoms with Crippen LogP contribution in [0.5, 0.6) is 0 Å². The molecule has 0 saturated carbocycles. The van der Waals surface area contributed by atoms with Gasteiger partial charge in [-0.3, -0.25) is 4.79 Å². The van der Waals surface area contributed by atoms with Gasteiger partial charge in [0.15, 0.2) is 0 Å². The van der Waals surface area contributed by atoms with Crippen molar-refractivity contribution in [3.8, 4) is 0 Å². The van der Waals surface area contributed by atoms with Crippen molar-refractivity contribution in [2.75, 3.05) is 5.32 Å². The minimum absolute atomic E-state index is 0.247. The summed E-state index contributed by atoms with van der Waals surface area (Å²) in [4.78, 5) is 21.8. The van der Waals surface area contributed by atoms with Crippen molar-refractivity contribution in [1.29, 1.82) is 0 Å². The van der Waals surface area contributed by atoms with Gasteiger partial charge in [-0.1, -0.05) is 22.0 Å². The van der Waals surface area contributed by atoms with Crippen molar-refractivity contribution in [3.05, 3.63) is 28.2 Å². The lowest BCUT2D eigenvalue weighted by Crippen LogP contribution is -2.12. The monoisotopic (exact) mass is 239 g/mol. The molecule has 2 rings (SSSR count). The minimum atomic E-state index is -0.636. The van der Waals surface area contributed by atoms with E-state index in [0.717, 1.165) is 15.7 Å². The average Bonchev–Trinajstić information content (AvgIpc) is 2.39. The van der Waals surface area contributed by atoms with Crippen molar-refractivity contribution in [3.63, 3.8) is 0 Å². The summed E-state index contributed by atoms with van der Waals surface area (Å²) >= 11 is 3.29. The van der Waals surface area contributed by atoms with Gasteiger partial charge in [0.2, 0.25) is 5.91 Å². The summed E-state index contributed by atoms with van der Waals surface area (Å²) in [7, 11) is 0. The second-order valence-electron chi connectivity index (χ2n) is 2.83. The highest BCUT2D eigenvalue weighted by molar-refractivity contribution is 9.10. The molecule has 1 amide bonds. The number of halogens is 1. The average molecular weight is 240 g/mol. The second-order valence-corrected chi connectivity index (χ2v) is 3.75. The number of carbonyl (C=O) groups excluding carboxylic acids is 2. The largest absolute Gasteiger partial charge is 0.325 e. The molecule has 1 aliphatic heterocycles. The lowest BCUT2D eigenvalue weighted by Gasteiger charge is -1.99. The van der Waals surface area contributed by atoms with Gasteiger partial charge in [-0.15, -0.1) is 0 Å². The van der Waals surface area contributed by atoms with Crippen LogP contribution in [0.15, 0.2) is 22.7 Å². The first-order chi connectivity index (χ1) is 6.22. The lowest BCUT2D eigenvalue weighted by atomic mass is 10.0. The van der Waals surface area contributed by atoms with Crippen molar-refractivity contribution in [2.24, 2.45) is 0 Å². The highest BCUT2D eigenvalue weighted by atomic mass is 79.9. The standard InChI is InChI=1S/C9H6BrNO2/c10-5-1-2-6-7(4-12)9(13)11-8(6)3-5/h1-4,7H,(H,11,13). The molecule has 0 aromatic heterocycles. The van der Waals surface area contributed by atoms with E-state index in [9.17, 15) is 9.59 Å². The SMILES string of the molecule is O=CC1C(=O)Nc2cc(Br)ccc21. The third-order valence-electron chi connectivity index (χ3n) is 2.03. The summed E-state index contributed by atoms with van der Waals surface area (Å²) in [6.07, 6.45) is 0.662. The van der Waals surface area contributed by atoms with Crippen LogP contribution in [0, 0.1) is 0 Å². The van der Waals surface area contributed by atoms with E-state index in [1.165, 1.54) is 0 Å². The topological polar surface area (TPSA) is 46.2 Å². The number of anilines is 1. The molecule has 4 heteroatoms. The van der Waals surface area contributed by atoms with E-state index in [0.29, 0.717) is 6.29 Å². The Morgan fingerprint density at radius 3 is 2.92 bits per heavy atom. The third-order valence-corrected chi connectivity index (χ3v) is 2.52. The molecule has 66 valence electrons. The number of carbonyl (C=O) groups is 2. The van der Waals surface area contributed by atoms with Gasteiger partial charge in [-0.25, -0.2) is 0 Å². The normalized spacial score (nSPS) is 19.5. The van der Waals surface area contributed by atoms with Crippen LogP contribution in [0.4, 0.5) is 5.69 Å². The molecule has 1 aromatic rings. The van der Waals surface area contributed by atoms with Crippen LogP contribution in [0.25, 0.3) is 0 Å². The predicted octanol–water partition coefficient (Wildman–Crippen LogP) is 1.68. The summed E-state index contributed by atoms with van der Waals surface area (Å²) in [6, 6.07) is 5.38. The second kappa shape index (κ2) is 2.96. The fourth-order valence-corrected chi connectivity index (χ4v) is 1.76. The van der Waals surface area contributed by atoms with Crippen molar-refractivity contribution < 1.29 is 9.59 Å². The van der Waals surface area contributed by atoms with Crippen LogP contribution in [0.3, 0.4) is 0 Å². The van der Waals surface area contributed by atoms with Crippen molar-refractivity contribution >= 4 is 33.8 Å². The van der Waals surface area contributed by atoms with E-state index < -0.39 is 5.92 Å². The molecule has 0 fully saturated rings. The molecule has 0 spiro atoms. The Hall–Kier alpha value is -1.16. The number of fused-ring (bicyclic) bond motifs is 1. The highest BCUT2D eigenvalue weighted by Gasteiger charge is 2.29. The molecular formula is C9H6BrNO2. The molecule has 1 unspecified atom stereocenters. The number of rotatable bonds is 1. The van der Waals surface area contributed by atoms with Gasteiger partial charge in [0.1, 0.15) is 12.2 Å². The maximum absolute atomic E-state index is 11.2. The van der Waals surface area contributed by atoms with E-state index in [-0.39, 0.29) is 5.91 Å². The molecule has 0 radical (unpaired) electrons. The quantitative estimate of drug-likeness (QED) is 0.599. The summed E-state index contributed by atoms with van der Waals surface area (Å²) < 4.78 is 0.887. The molecule has 13 heavy (non-hydrogen) atoms. The van der Waals surface area contributed by atoms with Crippen LogP contribution in [0.1, 0.15) is 11.5 Å². The van der Waals surface area contributed by atoms with E-state index in [1.807, 2.05) is 6.07 Å². The number of hydrogen-bond acceptors (Lipinski definition) is 2. The van der Waals surface area contributed by atoms with Crippen LogP contribution >= 0.6 is 15.9 Å². The van der Waals surface area contributed by atoms with Gasteiger partial charge in [-0.05, 0) is 17.7 Å². The summed E-state index contributed by atoms with van der Waals surface area (Å²) in [6.45, 7) is 0. The number of hydrogen-bond donors (Lipinski definition) is 1. The van der Waals surface area contributed by atoms with Gasteiger partial charge in [0, 0.05) is 10.2 Å². The smallest absolute Gasteiger partial charge is 0.239 e. The molecule has 0 bridgehead atoms. The zero-order chi connectivity index (χ0) is 9.42. The van der Waals surface area contributed by atoms with Gasteiger partial charge in [-0.2, -0.15) is 0 Å². The lowest BCUT2D eigenvalue weighted by molar-refractivity contribution is -0.121. The van der Waals surface area contributed by atoms with Gasteiger partial charge < -0.3 is 10.1 Å². The van der Waals surface area contributed by atoms with E-state index in [1.54, 1.807) is 12.1 Å². The zero-order valence-electron chi connectivity index (χ0n) is 6.58. The first-order valence-electron chi connectivity index (χ1n) is 3.78. The Balaban J connectivity index is 2.54. The van der Waals surface area contributed by atoms with E-state index in [4.69, 9.17) is 0 Å². The maximum atomic E-state index is 11.2. The first-order valence-corrected chi connectivity index (χ1v) is 4.57. The molecule has 1 atom stereocenters. The number of benzene rings is 1. The molecular weight excluding hydrogens is 234 g/mol. The zero-order valence-corrected chi connectivity index (χ0v) is 8.17. The first kappa shape index (κ1) is 8.44. The molecule has 1 heterocycles. The third kappa shape index (κ3) is 1.27. The highest BCUT2D eigenvalue weighted by Crippen LogP contribution is 2.32. The molecule has 0 aliphatic carbocycles. The van der Waals surface area contributed by atoms with Gasteiger partial charge >= 0.3 is 0 Å². The van der Waals surface area contributed by atoms with Gasteiger partial charge in [0.05, 0.1) is 0 Å². The van der Waals surface area contributed by atoms with Crippen molar-refractivity contribution in [2.45, 2.75) is 5.92 Å². The van der Waals surface area contributed by atoms with E-state index >= 15 is 0 Å². The van der Waals surface area contributed by atoms with Crippen LogP contribution < -0.4 is 5.32 Å². The van der Waals surface area contributed by atoms with Gasteiger partial charge in [0.25, 0.3) is 0 Å². The summed E-state index contributed by atoms with van der Waals surface area (Å²) in [5.41, 5.74) is 1.47. The molecule has 1 aliphatic rings. The van der Waals surface area contributed by atoms with Crippen LogP contribution in [0.2, 0.25) is 0 Å². The molecule has 3 nitrogen and oxygen atoms in total.